The molecule has 0 aromatic carbocycles. The quantitative estimate of drug-likeness (QED) is 0.0260. The zero-order valence-electron chi connectivity index (χ0n) is 41.7. The third-order valence-corrected chi connectivity index (χ3v) is 11.0. The molecular weight excluding hydrogens is 799 g/mol. The first-order valence-corrected chi connectivity index (χ1v) is 25.6. The summed E-state index contributed by atoms with van der Waals surface area (Å²) in [7, 11) is 5.40. The van der Waals surface area contributed by atoms with E-state index in [1.165, 1.54) is 70.6 Å². The minimum Gasteiger partial charge on any atom is -0.544 e. The molecule has 366 valence electrons. The number of aliphatic carboxylic acids is 1. The largest absolute Gasteiger partial charge is 0.544 e. The monoisotopic (exact) mass is 894 g/mol. The van der Waals surface area contributed by atoms with E-state index in [9.17, 15) is 19.5 Å². The highest BCUT2D eigenvalue weighted by Crippen LogP contribution is 2.14. The summed E-state index contributed by atoms with van der Waals surface area (Å²) < 4.78 is 17.2. The summed E-state index contributed by atoms with van der Waals surface area (Å²) in [4.78, 5) is 37.0. The molecule has 0 aliphatic carbocycles. The molecular formula is C56H95NO7. The Bertz CT molecular complexity index is 1320. The normalized spacial score (nSPS) is 13.6. The van der Waals surface area contributed by atoms with E-state index in [0.29, 0.717) is 12.8 Å². The lowest BCUT2D eigenvalue weighted by Gasteiger charge is -2.34. The van der Waals surface area contributed by atoms with Gasteiger partial charge in [0.1, 0.15) is 12.6 Å². The van der Waals surface area contributed by atoms with Crippen molar-refractivity contribution in [1.29, 1.82) is 0 Å². The number of nitrogens with zero attached hydrogens (tertiary/aromatic N) is 1. The van der Waals surface area contributed by atoms with E-state index in [-0.39, 0.29) is 42.7 Å². The Morgan fingerprint density at radius 3 is 1.30 bits per heavy atom. The molecule has 0 aromatic heterocycles. The molecule has 2 atom stereocenters. The minimum atomic E-state index is -1.13. The van der Waals surface area contributed by atoms with Crippen molar-refractivity contribution in [2.75, 3.05) is 41.0 Å². The van der Waals surface area contributed by atoms with E-state index in [0.717, 1.165) is 96.3 Å². The van der Waals surface area contributed by atoms with Crippen LogP contribution in [0.25, 0.3) is 0 Å². The molecule has 0 aliphatic rings. The zero-order chi connectivity index (χ0) is 47.0. The van der Waals surface area contributed by atoms with Gasteiger partial charge in [-0.3, -0.25) is 9.59 Å². The number of carboxylic acids is 1. The van der Waals surface area contributed by atoms with Gasteiger partial charge >= 0.3 is 11.9 Å². The van der Waals surface area contributed by atoms with Crippen LogP contribution in [0.4, 0.5) is 0 Å². The summed E-state index contributed by atoms with van der Waals surface area (Å²) in [6.45, 7) is 4.50. The van der Waals surface area contributed by atoms with Gasteiger partial charge in [-0.15, -0.1) is 0 Å². The summed E-state index contributed by atoms with van der Waals surface area (Å²) in [5, 5.41) is 11.7. The van der Waals surface area contributed by atoms with Crippen molar-refractivity contribution in [3.05, 3.63) is 85.1 Å². The SMILES string of the molecule is CC/C=C/C/C=C/C/C=C/C/C=C/C/C=C/CCCCCCCCCC(=O)OC(COCCC(C(=O)[O-])[N+](C)(C)C)COC(=O)CCCCCCCCC/C=C/C/C=C/CCCCC. The maximum absolute atomic E-state index is 12.8. The van der Waals surface area contributed by atoms with Crippen LogP contribution in [-0.4, -0.2) is 75.5 Å². The molecule has 0 saturated heterocycles. The number of quaternary nitrogens is 1. The van der Waals surface area contributed by atoms with Gasteiger partial charge in [-0.05, 0) is 89.9 Å². The van der Waals surface area contributed by atoms with Gasteiger partial charge in [-0.25, -0.2) is 0 Å². The molecule has 0 aliphatic heterocycles. The highest BCUT2D eigenvalue weighted by Gasteiger charge is 2.25. The molecule has 0 bridgehead atoms. The van der Waals surface area contributed by atoms with Crippen LogP contribution >= 0.6 is 0 Å². The van der Waals surface area contributed by atoms with Crippen LogP contribution in [0.1, 0.15) is 200 Å². The number of carbonyl (C=O) groups excluding carboxylic acids is 3. The first-order chi connectivity index (χ1) is 31.1. The van der Waals surface area contributed by atoms with Gasteiger partial charge in [0.05, 0.1) is 40.3 Å². The van der Waals surface area contributed by atoms with Crippen molar-refractivity contribution in [2.45, 2.75) is 212 Å². The molecule has 8 heteroatoms. The summed E-state index contributed by atoms with van der Waals surface area (Å²) in [5.41, 5.74) is 0. The summed E-state index contributed by atoms with van der Waals surface area (Å²) in [6.07, 6.45) is 60.3. The highest BCUT2D eigenvalue weighted by molar-refractivity contribution is 5.70. The van der Waals surface area contributed by atoms with Crippen molar-refractivity contribution in [2.24, 2.45) is 0 Å². The number of unbranched alkanes of at least 4 members (excludes halogenated alkanes) is 17. The van der Waals surface area contributed by atoms with E-state index in [4.69, 9.17) is 14.2 Å². The lowest BCUT2D eigenvalue weighted by Crippen LogP contribution is -2.55. The second-order valence-electron chi connectivity index (χ2n) is 18.0. The number of allylic oxidation sites excluding steroid dienone is 14. The van der Waals surface area contributed by atoms with Crippen molar-refractivity contribution >= 4 is 17.9 Å². The molecule has 0 rings (SSSR count). The predicted octanol–water partition coefficient (Wildman–Crippen LogP) is 13.5. The van der Waals surface area contributed by atoms with E-state index in [1.54, 1.807) is 21.1 Å². The van der Waals surface area contributed by atoms with Gasteiger partial charge in [-0.1, -0.05) is 176 Å². The Labute approximate surface area is 393 Å². The maximum Gasteiger partial charge on any atom is 0.306 e. The smallest absolute Gasteiger partial charge is 0.306 e. The van der Waals surface area contributed by atoms with Gasteiger partial charge < -0.3 is 28.6 Å². The predicted molar refractivity (Wildman–Crippen MR) is 268 cm³/mol. The van der Waals surface area contributed by atoms with Gasteiger partial charge in [0.2, 0.25) is 0 Å². The third-order valence-electron chi connectivity index (χ3n) is 11.0. The fourth-order valence-corrected chi connectivity index (χ4v) is 7.07. The zero-order valence-corrected chi connectivity index (χ0v) is 41.7. The van der Waals surface area contributed by atoms with E-state index < -0.39 is 18.1 Å². The molecule has 0 aromatic rings. The average molecular weight is 894 g/mol. The Balaban J connectivity index is 4.30. The van der Waals surface area contributed by atoms with Crippen LogP contribution in [0.2, 0.25) is 0 Å². The van der Waals surface area contributed by atoms with E-state index in [2.05, 4.69) is 98.9 Å². The molecule has 0 fully saturated rings. The summed E-state index contributed by atoms with van der Waals surface area (Å²) >= 11 is 0. The van der Waals surface area contributed by atoms with Gasteiger partial charge in [0.15, 0.2) is 6.10 Å². The van der Waals surface area contributed by atoms with Gasteiger partial charge in [0, 0.05) is 19.3 Å². The number of carboxylic acid groups (broad SMARTS) is 1. The molecule has 8 nitrogen and oxygen atoms in total. The first-order valence-electron chi connectivity index (χ1n) is 25.6. The molecule has 2 unspecified atom stereocenters. The topological polar surface area (TPSA) is 102 Å². The average Bonchev–Trinajstić information content (AvgIpc) is 3.26. The molecule has 0 radical (unpaired) electrons. The number of carbonyl (C=O) groups is 3. The molecule has 64 heavy (non-hydrogen) atoms. The number of rotatable bonds is 45. The van der Waals surface area contributed by atoms with Crippen LogP contribution in [0.15, 0.2) is 85.1 Å². The molecule has 0 amide bonds. The Hall–Kier alpha value is -3.49. The third kappa shape index (κ3) is 43.7. The first kappa shape index (κ1) is 60.5. The second-order valence-corrected chi connectivity index (χ2v) is 18.0. The number of hydrogen-bond donors (Lipinski definition) is 0. The maximum atomic E-state index is 12.8. The molecule has 0 saturated carbocycles. The molecule has 0 heterocycles. The minimum absolute atomic E-state index is 0.0293. The number of hydrogen-bond acceptors (Lipinski definition) is 7. The van der Waals surface area contributed by atoms with Crippen molar-refractivity contribution < 1.29 is 38.2 Å². The van der Waals surface area contributed by atoms with Gasteiger partial charge in [0.25, 0.3) is 0 Å². The van der Waals surface area contributed by atoms with Crippen molar-refractivity contribution in [3.8, 4) is 0 Å². The lowest BCUT2D eigenvalue weighted by molar-refractivity contribution is -0.889. The standard InChI is InChI=1S/C56H95NO7/c1-6-8-10-12-14-16-18-20-22-24-25-26-27-28-29-31-33-35-37-39-41-43-45-47-55(59)64-52(50-62-49-48-53(56(60)61)57(3,4)5)51-63-54(58)46-44-42-40-38-36-34-32-30-23-21-19-17-15-13-11-9-7-2/h8,10,14-17,20-23,25-26,28-29,52-53H,6-7,9,11-13,18-19,24,27,30-51H2,1-5H3/b10-8+,16-14+,17-15+,22-20+,23-21+,26-25+,29-28+. The van der Waals surface area contributed by atoms with Gasteiger partial charge in [-0.2, -0.15) is 0 Å². The highest BCUT2D eigenvalue weighted by atomic mass is 16.6. The second kappa shape index (κ2) is 46.1. The van der Waals surface area contributed by atoms with Crippen LogP contribution in [0.3, 0.4) is 0 Å². The number of ether oxygens (including phenoxy) is 3. The Morgan fingerprint density at radius 1 is 0.484 bits per heavy atom. The van der Waals surface area contributed by atoms with E-state index >= 15 is 0 Å². The van der Waals surface area contributed by atoms with Crippen LogP contribution in [-0.2, 0) is 28.6 Å². The fraction of sp³-hybridized carbons (Fsp3) is 0.696. The molecule has 0 N–H and O–H groups in total. The number of likely N-dealkylation sites (N-methyl/N-ethyl adjacent to an activating group) is 1. The Kier molecular flexibility index (Phi) is 43.5. The lowest BCUT2D eigenvalue weighted by atomic mass is 10.1. The van der Waals surface area contributed by atoms with Crippen molar-refractivity contribution in [3.63, 3.8) is 0 Å². The summed E-state index contributed by atoms with van der Waals surface area (Å²) in [6, 6.07) is -0.734. The fourth-order valence-electron chi connectivity index (χ4n) is 7.07. The number of esters is 2. The van der Waals surface area contributed by atoms with Crippen LogP contribution < -0.4 is 5.11 Å². The van der Waals surface area contributed by atoms with Crippen LogP contribution in [0, 0.1) is 0 Å². The van der Waals surface area contributed by atoms with Crippen molar-refractivity contribution in [1.82, 2.24) is 0 Å². The van der Waals surface area contributed by atoms with Crippen LogP contribution in [0.5, 0.6) is 0 Å². The Morgan fingerprint density at radius 2 is 0.875 bits per heavy atom. The summed E-state index contributed by atoms with van der Waals surface area (Å²) in [5.74, 6) is -1.76. The van der Waals surface area contributed by atoms with E-state index in [1.807, 2.05) is 0 Å². The molecule has 0 spiro atoms.